The molecule has 0 aromatic carbocycles. The monoisotopic (exact) mass is 301 g/mol. The number of hydrogen-bond acceptors (Lipinski definition) is 1. The summed E-state index contributed by atoms with van der Waals surface area (Å²) >= 11 is 0. The van der Waals surface area contributed by atoms with Crippen molar-refractivity contribution in [3.8, 4) is 0 Å². The number of nitrogens with two attached hydrogens (primary N) is 1. The lowest BCUT2D eigenvalue weighted by Gasteiger charge is -2.31. The molecule has 22 heavy (non-hydrogen) atoms. The van der Waals surface area contributed by atoms with Gasteiger partial charge in [0.2, 0.25) is 0 Å². The third-order valence-corrected chi connectivity index (χ3v) is 5.47. The first-order valence-corrected chi connectivity index (χ1v) is 8.69. The summed E-state index contributed by atoms with van der Waals surface area (Å²) in [4.78, 5) is 0. The maximum atomic E-state index is 5.75. The molecule has 0 radical (unpaired) electrons. The summed E-state index contributed by atoms with van der Waals surface area (Å²) in [6.07, 6.45) is 5.94. The van der Waals surface area contributed by atoms with Crippen LogP contribution in [0.25, 0.3) is 0 Å². The van der Waals surface area contributed by atoms with Crippen LogP contribution in [0.15, 0.2) is 46.6 Å². The fraction of sp³-hybridized carbons (Fsp3) is 0.619. The fourth-order valence-electron chi connectivity index (χ4n) is 3.79. The van der Waals surface area contributed by atoms with Crippen molar-refractivity contribution >= 4 is 0 Å². The first kappa shape index (κ1) is 19.0. The van der Waals surface area contributed by atoms with E-state index in [-0.39, 0.29) is 0 Å². The summed E-state index contributed by atoms with van der Waals surface area (Å²) in [5.41, 5.74) is 14.0. The van der Waals surface area contributed by atoms with Crippen molar-refractivity contribution in [3.63, 3.8) is 0 Å². The van der Waals surface area contributed by atoms with Crippen LogP contribution in [0, 0.1) is 11.8 Å². The maximum Gasteiger partial charge on any atom is -0.00397 e. The Morgan fingerprint density at radius 1 is 1.18 bits per heavy atom. The summed E-state index contributed by atoms with van der Waals surface area (Å²) in [6, 6.07) is 0. The van der Waals surface area contributed by atoms with E-state index < -0.39 is 0 Å². The first-order chi connectivity index (χ1) is 10.3. The van der Waals surface area contributed by atoms with E-state index in [9.17, 15) is 0 Å². The van der Waals surface area contributed by atoms with Crippen LogP contribution in [0.5, 0.6) is 0 Å². The molecule has 0 aromatic heterocycles. The van der Waals surface area contributed by atoms with Gasteiger partial charge in [-0.25, -0.2) is 0 Å². The van der Waals surface area contributed by atoms with Crippen LogP contribution >= 0.6 is 0 Å². The van der Waals surface area contributed by atoms with E-state index in [2.05, 4.69) is 47.8 Å². The molecule has 1 atom stereocenters. The molecule has 0 heterocycles. The molecule has 1 heteroatoms. The minimum absolute atomic E-state index is 0.633. The lowest BCUT2D eigenvalue weighted by molar-refractivity contribution is 0.324. The molecule has 0 bridgehead atoms. The van der Waals surface area contributed by atoms with Gasteiger partial charge in [-0.05, 0) is 89.3 Å². The van der Waals surface area contributed by atoms with Gasteiger partial charge in [-0.3, -0.25) is 0 Å². The molecule has 1 rings (SSSR count). The molecule has 1 fully saturated rings. The Morgan fingerprint density at radius 2 is 1.73 bits per heavy atom. The van der Waals surface area contributed by atoms with Gasteiger partial charge in [-0.2, -0.15) is 0 Å². The van der Waals surface area contributed by atoms with Crippen molar-refractivity contribution in [2.45, 2.75) is 66.7 Å². The molecule has 1 unspecified atom stereocenters. The molecule has 1 saturated carbocycles. The van der Waals surface area contributed by atoms with Crippen LogP contribution in [0.4, 0.5) is 0 Å². The number of rotatable bonds is 6. The van der Waals surface area contributed by atoms with Gasteiger partial charge in [0.15, 0.2) is 0 Å². The SMILES string of the molecule is C=C1CCC(C(C)/C(C)=C(C)/C(C(=C)C)=C(\C)CCN)CC1. The largest absolute Gasteiger partial charge is 0.330 e. The second-order valence-electron chi connectivity index (χ2n) is 7.16. The van der Waals surface area contributed by atoms with Gasteiger partial charge in [0.25, 0.3) is 0 Å². The lowest BCUT2D eigenvalue weighted by Crippen LogP contribution is -2.18. The smallest absolute Gasteiger partial charge is 0.00397 e. The Kier molecular flexibility index (Phi) is 7.35. The van der Waals surface area contributed by atoms with E-state index in [0.29, 0.717) is 12.5 Å². The molecule has 0 aliphatic heterocycles. The van der Waals surface area contributed by atoms with Gasteiger partial charge in [0.05, 0.1) is 0 Å². The predicted molar refractivity (Wildman–Crippen MR) is 99.8 cm³/mol. The molecule has 1 nitrogen and oxygen atoms in total. The third-order valence-electron chi connectivity index (χ3n) is 5.47. The Labute approximate surface area is 138 Å². The van der Waals surface area contributed by atoms with Crippen molar-refractivity contribution in [2.24, 2.45) is 17.6 Å². The van der Waals surface area contributed by atoms with Gasteiger partial charge < -0.3 is 5.73 Å². The van der Waals surface area contributed by atoms with Crippen molar-refractivity contribution < 1.29 is 0 Å². The van der Waals surface area contributed by atoms with Gasteiger partial charge in [0, 0.05) is 0 Å². The van der Waals surface area contributed by atoms with Crippen LogP contribution in [-0.2, 0) is 0 Å². The Morgan fingerprint density at radius 3 is 2.18 bits per heavy atom. The molecular weight excluding hydrogens is 266 g/mol. The van der Waals surface area contributed by atoms with Crippen LogP contribution in [0.1, 0.15) is 66.7 Å². The average molecular weight is 302 g/mol. The van der Waals surface area contributed by atoms with E-state index in [1.807, 2.05) is 0 Å². The van der Waals surface area contributed by atoms with E-state index in [1.165, 1.54) is 53.5 Å². The minimum atomic E-state index is 0.633. The van der Waals surface area contributed by atoms with Crippen LogP contribution < -0.4 is 5.73 Å². The highest BCUT2D eigenvalue weighted by Gasteiger charge is 2.24. The Bertz CT molecular complexity index is 480. The van der Waals surface area contributed by atoms with Crippen LogP contribution in [0.3, 0.4) is 0 Å². The average Bonchev–Trinajstić information content (AvgIpc) is 2.46. The lowest BCUT2D eigenvalue weighted by atomic mass is 9.75. The zero-order valence-electron chi connectivity index (χ0n) is 15.4. The zero-order valence-corrected chi connectivity index (χ0v) is 15.4. The highest BCUT2D eigenvalue weighted by atomic mass is 14.5. The molecule has 1 aliphatic rings. The van der Waals surface area contributed by atoms with E-state index in [1.54, 1.807) is 0 Å². The Hall–Kier alpha value is -1.08. The summed E-state index contributed by atoms with van der Waals surface area (Å²) < 4.78 is 0. The molecular formula is C21H35N. The minimum Gasteiger partial charge on any atom is -0.330 e. The Balaban J connectivity index is 3.05. The fourth-order valence-corrected chi connectivity index (χ4v) is 3.79. The topological polar surface area (TPSA) is 26.0 Å². The molecule has 0 spiro atoms. The van der Waals surface area contributed by atoms with Gasteiger partial charge in [0.1, 0.15) is 0 Å². The van der Waals surface area contributed by atoms with Crippen molar-refractivity contribution in [1.82, 2.24) is 0 Å². The van der Waals surface area contributed by atoms with E-state index >= 15 is 0 Å². The van der Waals surface area contributed by atoms with Crippen molar-refractivity contribution in [3.05, 3.63) is 46.6 Å². The van der Waals surface area contributed by atoms with Crippen LogP contribution in [0.2, 0.25) is 0 Å². The molecule has 1 aliphatic carbocycles. The summed E-state index contributed by atoms with van der Waals surface area (Å²) in [5, 5.41) is 0. The normalized spacial score (nSPS) is 20.4. The predicted octanol–water partition coefficient (Wildman–Crippen LogP) is 5.95. The van der Waals surface area contributed by atoms with Crippen molar-refractivity contribution in [2.75, 3.05) is 6.54 Å². The van der Waals surface area contributed by atoms with E-state index in [4.69, 9.17) is 5.73 Å². The second-order valence-corrected chi connectivity index (χ2v) is 7.16. The van der Waals surface area contributed by atoms with Gasteiger partial charge >= 0.3 is 0 Å². The molecule has 0 aromatic rings. The van der Waals surface area contributed by atoms with E-state index in [0.717, 1.165) is 17.9 Å². The highest BCUT2D eigenvalue weighted by molar-refractivity contribution is 5.48. The maximum absolute atomic E-state index is 5.75. The number of allylic oxidation sites excluding steroid dienone is 5. The molecule has 124 valence electrons. The standard InChI is InChI=1S/C21H35N/c1-14(2)21(16(4)12-13-22)19(7)17(5)18(6)20-10-8-15(3)9-11-20/h18,20H,1,3,8-13,22H2,2,4-7H3/b19-17+,21-16+. The molecule has 0 amide bonds. The summed E-state index contributed by atoms with van der Waals surface area (Å²) in [6.45, 7) is 20.3. The molecule has 2 N–H and O–H groups in total. The summed E-state index contributed by atoms with van der Waals surface area (Å²) in [7, 11) is 0. The first-order valence-electron chi connectivity index (χ1n) is 8.69. The van der Waals surface area contributed by atoms with Crippen molar-refractivity contribution in [1.29, 1.82) is 0 Å². The second kappa shape index (κ2) is 8.53. The van der Waals surface area contributed by atoms with Gasteiger partial charge in [-0.1, -0.05) is 42.4 Å². The third kappa shape index (κ3) is 4.71. The van der Waals surface area contributed by atoms with Crippen LogP contribution in [-0.4, -0.2) is 6.54 Å². The number of hydrogen-bond donors (Lipinski definition) is 1. The summed E-state index contributed by atoms with van der Waals surface area (Å²) in [5.74, 6) is 1.43. The zero-order chi connectivity index (χ0) is 16.9. The molecule has 0 saturated heterocycles. The van der Waals surface area contributed by atoms with Gasteiger partial charge in [-0.15, -0.1) is 0 Å². The highest BCUT2D eigenvalue weighted by Crippen LogP contribution is 2.38. The quantitative estimate of drug-likeness (QED) is 0.476.